The average molecular weight is 194 g/mol. The first-order chi connectivity index (χ1) is 6.66. The van der Waals surface area contributed by atoms with Gasteiger partial charge >= 0.3 is 0 Å². The lowest BCUT2D eigenvalue weighted by Gasteiger charge is -2.24. The summed E-state index contributed by atoms with van der Waals surface area (Å²) in [5.41, 5.74) is 0. The van der Waals surface area contributed by atoms with Gasteiger partial charge in [-0.25, -0.2) is 0 Å². The van der Waals surface area contributed by atoms with Crippen molar-refractivity contribution in [3.63, 3.8) is 0 Å². The molecular formula is C9H14N4O. The second-order valence-corrected chi connectivity index (χ2v) is 3.71. The number of hydrogen-bond donors (Lipinski definition) is 1. The fraction of sp³-hybridized carbons (Fsp3) is 0.667. The highest BCUT2D eigenvalue weighted by Crippen LogP contribution is 2.14. The van der Waals surface area contributed by atoms with Gasteiger partial charge in [0.25, 0.3) is 0 Å². The Morgan fingerprint density at radius 1 is 1.57 bits per heavy atom. The molecule has 0 bridgehead atoms. The van der Waals surface area contributed by atoms with E-state index in [1.54, 1.807) is 6.92 Å². The second-order valence-electron chi connectivity index (χ2n) is 3.71. The molecule has 1 atom stereocenters. The van der Waals surface area contributed by atoms with Crippen LogP contribution >= 0.6 is 0 Å². The lowest BCUT2D eigenvalue weighted by Crippen LogP contribution is -2.40. The van der Waals surface area contributed by atoms with Gasteiger partial charge in [0.15, 0.2) is 0 Å². The van der Waals surface area contributed by atoms with Gasteiger partial charge in [-0.1, -0.05) is 0 Å². The molecule has 0 saturated carbocycles. The average Bonchev–Trinajstić information content (AvgIpc) is 2.47. The van der Waals surface area contributed by atoms with Crippen LogP contribution in [0.3, 0.4) is 0 Å². The smallest absolute Gasteiger partial charge is 0.217 e. The van der Waals surface area contributed by atoms with E-state index in [0.29, 0.717) is 0 Å². The third kappa shape index (κ3) is 1.62. The van der Waals surface area contributed by atoms with Gasteiger partial charge in [-0.3, -0.25) is 4.79 Å². The Morgan fingerprint density at radius 3 is 3.07 bits per heavy atom. The van der Waals surface area contributed by atoms with Crippen molar-refractivity contribution in [3.8, 4) is 0 Å². The van der Waals surface area contributed by atoms with Crippen LogP contribution in [0, 0.1) is 6.92 Å². The number of aromatic nitrogens is 3. The van der Waals surface area contributed by atoms with Gasteiger partial charge in [-0.15, -0.1) is 10.2 Å². The minimum atomic E-state index is 0.0316. The number of nitrogens with zero attached hydrogens (tertiary/aromatic N) is 3. The maximum Gasteiger partial charge on any atom is 0.217 e. The molecule has 5 heteroatoms. The number of amides is 1. The minimum absolute atomic E-state index is 0.0316. The summed E-state index contributed by atoms with van der Waals surface area (Å²) in [6, 6.07) is 0.231. The second kappa shape index (κ2) is 3.40. The Labute approximate surface area is 82.5 Å². The van der Waals surface area contributed by atoms with Crippen molar-refractivity contribution in [1.29, 1.82) is 0 Å². The molecule has 1 aromatic rings. The molecule has 5 nitrogen and oxygen atoms in total. The highest BCUT2D eigenvalue weighted by Gasteiger charge is 2.21. The van der Waals surface area contributed by atoms with E-state index in [1.807, 2.05) is 6.92 Å². The van der Waals surface area contributed by atoms with Crippen molar-refractivity contribution in [2.75, 3.05) is 0 Å². The van der Waals surface area contributed by atoms with E-state index in [-0.39, 0.29) is 11.9 Å². The molecule has 1 N–H and O–H groups in total. The molecule has 0 radical (unpaired) electrons. The first-order valence-corrected chi connectivity index (χ1v) is 4.82. The topological polar surface area (TPSA) is 59.8 Å². The monoisotopic (exact) mass is 194 g/mol. The zero-order valence-electron chi connectivity index (χ0n) is 8.45. The summed E-state index contributed by atoms with van der Waals surface area (Å²) in [4.78, 5) is 10.9. The van der Waals surface area contributed by atoms with Crippen LogP contribution in [0.2, 0.25) is 0 Å². The Balaban J connectivity index is 2.12. The summed E-state index contributed by atoms with van der Waals surface area (Å²) in [5.74, 6) is 1.99. The number of hydrogen-bond acceptors (Lipinski definition) is 3. The van der Waals surface area contributed by atoms with Crippen LogP contribution in [0.25, 0.3) is 0 Å². The van der Waals surface area contributed by atoms with Crippen LogP contribution in [0.5, 0.6) is 0 Å². The lowest BCUT2D eigenvalue weighted by atomic mass is 10.1. The van der Waals surface area contributed by atoms with Gasteiger partial charge in [-0.05, 0) is 13.3 Å². The highest BCUT2D eigenvalue weighted by atomic mass is 16.1. The Morgan fingerprint density at radius 2 is 2.36 bits per heavy atom. The van der Waals surface area contributed by atoms with Gasteiger partial charge in [0.2, 0.25) is 5.91 Å². The lowest BCUT2D eigenvalue weighted by molar-refractivity contribution is -0.119. The Kier molecular flexibility index (Phi) is 2.23. The van der Waals surface area contributed by atoms with Gasteiger partial charge < -0.3 is 9.88 Å². The van der Waals surface area contributed by atoms with Crippen molar-refractivity contribution in [2.24, 2.45) is 0 Å². The predicted octanol–water partition coefficient (Wildman–Crippen LogP) is 0.0374. The SMILES string of the molecule is CC(=O)NC1CCc2nnc(C)n2C1. The largest absolute Gasteiger partial charge is 0.352 e. The molecule has 14 heavy (non-hydrogen) atoms. The number of carbonyl (C=O) groups excluding carboxylic acids is 1. The molecule has 1 aliphatic heterocycles. The molecule has 1 aliphatic rings. The van der Waals surface area contributed by atoms with Gasteiger partial charge in [0, 0.05) is 25.9 Å². The minimum Gasteiger partial charge on any atom is -0.352 e. The zero-order chi connectivity index (χ0) is 10.1. The van der Waals surface area contributed by atoms with Crippen LogP contribution in [0.4, 0.5) is 0 Å². The summed E-state index contributed by atoms with van der Waals surface area (Å²) in [6.07, 6.45) is 1.85. The molecule has 1 aromatic heterocycles. The summed E-state index contributed by atoms with van der Waals surface area (Å²) in [7, 11) is 0. The summed E-state index contributed by atoms with van der Waals surface area (Å²) in [5, 5.41) is 11.0. The number of rotatable bonds is 1. The number of nitrogens with one attached hydrogen (secondary N) is 1. The van der Waals surface area contributed by atoms with E-state index in [9.17, 15) is 4.79 Å². The highest BCUT2D eigenvalue weighted by molar-refractivity contribution is 5.73. The van der Waals surface area contributed by atoms with Crippen molar-refractivity contribution < 1.29 is 4.79 Å². The van der Waals surface area contributed by atoms with E-state index < -0.39 is 0 Å². The summed E-state index contributed by atoms with van der Waals surface area (Å²) in [6.45, 7) is 4.29. The first-order valence-electron chi connectivity index (χ1n) is 4.82. The quantitative estimate of drug-likeness (QED) is 0.686. The Hall–Kier alpha value is -1.39. The third-order valence-corrected chi connectivity index (χ3v) is 2.54. The number of aryl methyl sites for hydroxylation is 2. The van der Waals surface area contributed by atoms with Crippen LogP contribution in [-0.2, 0) is 17.8 Å². The van der Waals surface area contributed by atoms with Crippen LogP contribution < -0.4 is 5.32 Å². The van der Waals surface area contributed by atoms with Gasteiger partial charge in [0.1, 0.15) is 11.6 Å². The molecule has 76 valence electrons. The molecule has 1 amide bonds. The predicted molar refractivity (Wildman–Crippen MR) is 50.7 cm³/mol. The van der Waals surface area contributed by atoms with Crippen molar-refractivity contribution >= 4 is 5.91 Å². The van der Waals surface area contributed by atoms with E-state index in [0.717, 1.165) is 31.0 Å². The standard InChI is InChI=1S/C9H14N4O/c1-6-11-12-9-4-3-8(5-13(6)9)10-7(2)14/h8H,3-5H2,1-2H3,(H,10,14). The molecule has 0 spiro atoms. The van der Waals surface area contributed by atoms with E-state index >= 15 is 0 Å². The molecule has 2 rings (SSSR count). The van der Waals surface area contributed by atoms with Crippen LogP contribution in [0.1, 0.15) is 25.0 Å². The summed E-state index contributed by atoms with van der Waals surface area (Å²) >= 11 is 0. The third-order valence-electron chi connectivity index (χ3n) is 2.54. The molecule has 0 saturated heterocycles. The maximum atomic E-state index is 10.9. The molecule has 0 fully saturated rings. The van der Waals surface area contributed by atoms with Crippen LogP contribution in [0.15, 0.2) is 0 Å². The van der Waals surface area contributed by atoms with Gasteiger partial charge in [0.05, 0.1) is 0 Å². The number of fused-ring (bicyclic) bond motifs is 1. The van der Waals surface area contributed by atoms with E-state index in [4.69, 9.17) is 0 Å². The van der Waals surface area contributed by atoms with E-state index in [1.165, 1.54) is 0 Å². The zero-order valence-corrected chi connectivity index (χ0v) is 8.45. The Bertz CT molecular complexity index is 358. The molecule has 0 aliphatic carbocycles. The maximum absolute atomic E-state index is 10.9. The summed E-state index contributed by atoms with van der Waals surface area (Å²) < 4.78 is 2.07. The van der Waals surface area contributed by atoms with Gasteiger partial charge in [-0.2, -0.15) is 0 Å². The van der Waals surface area contributed by atoms with Crippen molar-refractivity contribution in [3.05, 3.63) is 11.6 Å². The fourth-order valence-corrected chi connectivity index (χ4v) is 1.87. The molecule has 1 unspecified atom stereocenters. The van der Waals surface area contributed by atoms with E-state index in [2.05, 4.69) is 20.1 Å². The fourth-order valence-electron chi connectivity index (χ4n) is 1.87. The molecule has 2 heterocycles. The molecule has 0 aromatic carbocycles. The first kappa shape index (κ1) is 9.18. The number of carbonyl (C=O) groups is 1. The normalized spacial score (nSPS) is 20.3. The van der Waals surface area contributed by atoms with Crippen LogP contribution in [-0.4, -0.2) is 26.7 Å². The van der Waals surface area contributed by atoms with Crippen molar-refractivity contribution in [1.82, 2.24) is 20.1 Å². The molecular weight excluding hydrogens is 180 g/mol. The van der Waals surface area contributed by atoms with Crippen molar-refractivity contribution in [2.45, 2.75) is 39.3 Å².